The maximum atomic E-state index is 13.3. The summed E-state index contributed by atoms with van der Waals surface area (Å²) in [6, 6.07) is 14.9. The Kier molecular flexibility index (Phi) is 5.51. The molecule has 2 aliphatic rings. The van der Waals surface area contributed by atoms with E-state index in [4.69, 9.17) is 4.98 Å². The molecule has 0 bridgehead atoms. The van der Waals surface area contributed by atoms with E-state index < -0.39 is 0 Å². The lowest BCUT2D eigenvalue weighted by Gasteiger charge is -2.38. The van der Waals surface area contributed by atoms with E-state index in [2.05, 4.69) is 4.98 Å². The van der Waals surface area contributed by atoms with E-state index in [0.717, 1.165) is 49.1 Å². The molecule has 2 fully saturated rings. The lowest BCUT2D eigenvalue weighted by Crippen LogP contribution is -2.46. The molecule has 0 spiro atoms. The fraction of sp³-hybridized carbons (Fsp3) is 0.417. The highest BCUT2D eigenvalue weighted by Gasteiger charge is 2.33. The Balaban J connectivity index is 1.23. The average molecular weight is 434 g/mol. The lowest BCUT2D eigenvalue weighted by molar-refractivity contribution is -0.384. The normalized spacial score (nSPS) is 19.9. The van der Waals surface area contributed by atoms with Crippen LogP contribution in [0.3, 0.4) is 0 Å². The number of nitro groups is 1. The Hall–Kier alpha value is -3.42. The highest BCUT2D eigenvalue weighted by molar-refractivity contribution is 5.80. The Labute approximate surface area is 186 Å². The first-order valence-corrected chi connectivity index (χ1v) is 11.3. The molecule has 1 aromatic heterocycles. The average Bonchev–Trinajstić information content (AvgIpc) is 3.28. The number of piperidine rings is 2. The number of hydrogen-bond acceptors (Lipinski definition) is 5. The van der Waals surface area contributed by atoms with Crippen LogP contribution in [0.15, 0.2) is 48.5 Å². The van der Waals surface area contributed by atoms with Crippen LogP contribution in [0.25, 0.3) is 11.0 Å². The molecule has 0 radical (unpaired) electrons. The molecular formula is C24H27N5O3. The van der Waals surface area contributed by atoms with Gasteiger partial charge in [0, 0.05) is 44.1 Å². The molecule has 3 heterocycles. The van der Waals surface area contributed by atoms with E-state index in [0.29, 0.717) is 25.3 Å². The third-order valence-electron chi connectivity index (χ3n) is 6.79. The second-order valence-corrected chi connectivity index (χ2v) is 8.77. The number of aromatic amines is 1. The standard InChI is InChI=1S/C24H27N5O3/c30-24(17-11-14-27(15-12-17)21-9-3-4-10-22(21)29(31)32)28-13-5-6-18(16-28)23-25-19-7-1-2-8-20(19)26-23/h1-4,7-10,17-18H,5-6,11-16H2,(H,25,26). The van der Waals surface area contributed by atoms with Gasteiger partial charge in [-0.1, -0.05) is 24.3 Å². The van der Waals surface area contributed by atoms with Crippen molar-refractivity contribution >= 4 is 28.3 Å². The SMILES string of the molecule is O=C(C1CCN(c2ccccc2[N+](=O)[O-])CC1)N1CCCC(c2nc3ccccc3[nH]2)C1. The van der Waals surface area contributed by atoms with Gasteiger partial charge in [-0.2, -0.15) is 0 Å². The number of fused-ring (bicyclic) bond motifs is 1. The number of hydrogen-bond donors (Lipinski definition) is 1. The van der Waals surface area contributed by atoms with Crippen LogP contribution < -0.4 is 4.90 Å². The molecule has 0 saturated carbocycles. The van der Waals surface area contributed by atoms with Crippen molar-refractivity contribution in [3.05, 3.63) is 64.5 Å². The van der Waals surface area contributed by atoms with Crippen LogP contribution in [-0.4, -0.2) is 51.9 Å². The van der Waals surface area contributed by atoms with Crippen molar-refractivity contribution in [1.29, 1.82) is 0 Å². The van der Waals surface area contributed by atoms with Crippen molar-refractivity contribution < 1.29 is 9.72 Å². The number of benzene rings is 2. The summed E-state index contributed by atoms with van der Waals surface area (Å²) in [7, 11) is 0. The van der Waals surface area contributed by atoms with Gasteiger partial charge in [0.05, 0.1) is 16.0 Å². The molecular weight excluding hydrogens is 406 g/mol. The molecule has 0 aliphatic carbocycles. The van der Waals surface area contributed by atoms with Crippen LogP contribution in [0, 0.1) is 16.0 Å². The Morgan fingerprint density at radius 3 is 2.56 bits per heavy atom. The lowest BCUT2D eigenvalue weighted by atomic mass is 9.91. The number of imidazole rings is 1. The maximum Gasteiger partial charge on any atom is 0.292 e. The molecule has 1 atom stereocenters. The van der Waals surface area contributed by atoms with E-state index in [9.17, 15) is 14.9 Å². The summed E-state index contributed by atoms with van der Waals surface area (Å²) in [4.78, 5) is 36.5. The first-order chi connectivity index (χ1) is 15.6. The van der Waals surface area contributed by atoms with Gasteiger partial charge in [0.15, 0.2) is 0 Å². The smallest absolute Gasteiger partial charge is 0.292 e. The van der Waals surface area contributed by atoms with Crippen LogP contribution in [0.4, 0.5) is 11.4 Å². The van der Waals surface area contributed by atoms with Crippen LogP contribution in [0.1, 0.15) is 37.4 Å². The second-order valence-electron chi connectivity index (χ2n) is 8.77. The summed E-state index contributed by atoms with van der Waals surface area (Å²) in [6.07, 6.45) is 3.44. The number of H-pyrrole nitrogens is 1. The van der Waals surface area contributed by atoms with Crippen LogP contribution >= 0.6 is 0 Å². The van der Waals surface area contributed by atoms with Crippen LogP contribution in [-0.2, 0) is 4.79 Å². The predicted octanol–water partition coefficient (Wildman–Crippen LogP) is 4.09. The number of nitrogens with zero attached hydrogens (tertiary/aromatic N) is 4. The largest absolute Gasteiger partial charge is 0.366 e. The van der Waals surface area contributed by atoms with Crippen molar-refractivity contribution in [2.75, 3.05) is 31.1 Å². The Morgan fingerprint density at radius 1 is 1.03 bits per heavy atom. The second kappa shape index (κ2) is 8.61. The number of carbonyl (C=O) groups excluding carboxylic acids is 1. The summed E-state index contributed by atoms with van der Waals surface area (Å²) in [5, 5.41) is 11.4. The first-order valence-electron chi connectivity index (χ1n) is 11.3. The molecule has 2 saturated heterocycles. The van der Waals surface area contributed by atoms with Gasteiger partial charge in [-0.3, -0.25) is 14.9 Å². The number of anilines is 1. The molecule has 5 rings (SSSR count). The number of para-hydroxylation sites is 4. The monoisotopic (exact) mass is 433 g/mol. The quantitative estimate of drug-likeness (QED) is 0.494. The minimum Gasteiger partial charge on any atom is -0.366 e. The van der Waals surface area contributed by atoms with Gasteiger partial charge in [-0.05, 0) is 43.9 Å². The fourth-order valence-electron chi connectivity index (χ4n) is 5.08. The zero-order valence-electron chi connectivity index (χ0n) is 17.9. The molecule has 32 heavy (non-hydrogen) atoms. The van der Waals surface area contributed by atoms with E-state index in [1.165, 1.54) is 0 Å². The summed E-state index contributed by atoms with van der Waals surface area (Å²) in [6.45, 7) is 2.80. The topological polar surface area (TPSA) is 95.4 Å². The zero-order chi connectivity index (χ0) is 22.1. The zero-order valence-corrected chi connectivity index (χ0v) is 17.9. The van der Waals surface area contributed by atoms with Gasteiger partial charge in [0.25, 0.3) is 5.69 Å². The fourth-order valence-corrected chi connectivity index (χ4v) is 5.08. The van der Waals surface area contributed by atoms with Crippen LogP contribution in [0.2, 0.25) is 0 Å². The predicted molar refractivity (Wildman–Crippen MR) is 123 cm³/mol. The molecule has 1 amide bonds. The van der Waals surface area contributed by atoms with Crippen molar-refractivity contribution in [3.8, 4) is 0 Å². The van der Waals surface area contributed by atoms with Crippen molar-refractivity contribution in [2.24, 2.45) is 5.92 Å². The highest BCUT2D eigenvalue weighted by Crippen LogP contribution is 2.33. The van der Waals surface area contributed by atoms with Crippen molar-refractivity contribution in [3.63, 3.8) is 0 Å². The molecule has 1 N–H and O–H groups in total. The third kappa shape index (κ3) is 3.92. The maximum absolute atomic E-state index is 13.3. The van der Waals surface area contributed by atoms with E-state index >= 15 is 0 Å². The molecule has 166 valence electrons. The van der Waals surface area contributed by atoms with Crippen LogP contribution in [0.5, 0.6) is 0 Å². The number of rotatable bonds is 4. The number of aromatic nitrogens is 2. The minimum atomic E-state index is -0.335. The number of likely N-dealkylation sites (tertiary alicyclic amines) is 1. The molecule has 1 unspecified atom stereocenters. The summed E-state index contributed by atoms with van der Waals surface area (Å²) in [5.41, 5.74) is 2.77. The first kappa shape index (κ1) is 20.5. The van der Waals surface area contributed by atoms with Gasteiger partial charge in [-0.25, -0.2) is 4.98 Å². The van der Waals surface area contributed by atoms with Gasteiger partial charge in [-0.15, -0.1) is 0 Å². The van der Waals surface area contributed by atoms with Gasteiger partial charge in [0.1, 0.15) is 11.5 Å². The van der Waals surface area contributed by atoms with Gasteiger partial charge >= 0.3 is 0 Å². The highest BCUT2D eigenvalue weighted by atomic mass is 16.6. The molecule has 2 aromatic carbocycles. The third-order valence-corrected chi connectivity index (χ3v) is 6.79. The van der Waals surface area contributed by atoms with Crippen molar-refractivity contribution in [2.45, 2.75) is 31.6 Å². The summed E-state index contributed by atoms with van der Waals surface area (Å²) in [5.74, 6) is 1.39. The van der Waals surface area contributed by atoms with E-state index in [1.807, 2.05) is 40.1 Å². The van der Waals surface area contributed by atoms with E-state index in [1.54, 1.807) is 18.2 Å². The van der Waals surface area contributed by atoms with Gasteiger partial charge in [0.2, 0.25) is 5.91 Å². The summed E-state index contributed by atoms with van der Waals surface area (Å²) >= 11 is 0. The van der Waals surface area contributed by atoms with Gasteiger partial charge < -0.3 is 14.8 Å². The molecule has 2 aliphatic heterocycles. The number of carbonyl (C=O) groups is 1. The minimum absolute atomic E-state index is 0.0246. The summed E-state index contributed by atoms with van der Waals surface area (Å²) < 4.78 is 0. The number of amides is 1. The Bertz CT molecular complexity index is 1100. The molecule has 8 heteroatoms. The number of nitrogens with one attached hydrogen (secondary N) is 1. The van der Waals surface area contributed by atoms with E-state index in [-0.39, 0.29) is 28.4 Å². The molecule has 8 nitrogen and oxygen atoms in total. The number of nitro benzene ring substituents is 1. The Morgan fingerprint density at radius 2 is 1.78 bits per heavy atom. The molecule has 3 aromatic rings. The van der Waals surface area contributed by atoms with Crippen molar-refractivity contribution in [1.82, 2.24) is 14.9 Å².